The van der Waals surface area contributed by atoms with Gasteiger partial charge in [0.1, 0.15) is 0 Å². The molecule has 1 atom stereocenters. The van der Waals surface area contributed by atoms with E-state index < -0.39 is 0 Å². The van der Waals surface area contributed by atoms with Crippen molar-refractivity contribution in [1.82, 2.24) is 10.2 Å². The van der Waals surface area contributed by atoms with Crippen molar-refractivity contribution in [2.24, 2.45) is 5.92 Å². The third kappa shape index (κ3) is 2.09. The van der Waals surface area contributed by atoms with Crippen LogP contribution in [0.2, 0.25) is 0 Å². The summed E-state index contributed by atoms with van der Waals surface area (Å²) in [5.41, 5.74) is -0.187. The smallest absolute Gasteiger partial charge is 0.244 e. The summed E-state index contributed by atoms with van der Waals surface area (Å²) in [6.07, 6.45) is 3.25. The number of amides is 1. The van der Waals surface area contributed by atoms with Crippen molar-refractivity contribution in [2.75, 3.05) is 20.3 Å². The molecule has 1 aliphatic heterocycles. The van der Waals surface area contributed by atoms with Crippen LogP contribution in [0.3, 0.4) is 0 Å². The molecule has 92 valence electrons. The Labute approximate surface area is 97.3 Å². The van der Waals surface area contributed by atoms with Gasteiger partial charge in [-0.25, -0.2) is 0 Å². The monoisotopic (exact) mass is 226 g/mol. The standard InChI is InChI=1S/C12H22N2O2/c1-9(2)8-10-13-12(4-5-12)11(15)14(10)6-7-16-3/h9-10,13H,4-8H2,1-3H3. The van der Waals surface area contributed by atoms with Crippen molar-refractivity contribution in [2.45, 2.75) is 44.8 Å². The molecule has 2 aliphatic rings. The van der Waals surface area contributed by atoms with Gasteiger partial charge in [-0.1, -0.05) is 13.8 Å². The van der Waals surface area contributed by atoms with Gasteiger partial charge in [0.2, 0.25) is 5.91 Å². The summed E-state index contributed by atoms with van der Waals surface area (Å²) in [5.74, 6) is 0.888. The van der Waals surface area contributed by atoms with Crippen molar-refractivity contribution in [3.05, 3.63) is 0 Å². The van der Waals surface area contributed by atoms with Crippen LogP contribution in [0.15, 0.2) is 0 Å². The molecule has 2 fully saturated rings. The van der Waals surface area contributed by atoms with Crippen LogP contribution in [0.5, 0.6) is 0 Å². The summed E-state index contributed by atoms with van der Waals surface area (Å²) in [6, 6.07) is 0. The van der Waals surface area contributed by atoms with Gasteiger partial charge < -0.3 is 9.64 Å². The second kappa shape index (κ2) is 4.34. The van der Waals surface area contributed by atoms with Crippen molar-refractivity contribution in [3.8, 4) is 0 Å². The summed E-state index contributed by atoms with van der Waals surface area (Å²) < 4.78 is 5.07. The SMILES string of the molecule is COCCN1C(=O)C2(CC2)NC1CC(C)C. The first-order chi connectivity index (χ1) is 7.59. The molecule has 0 aromatic carbocycles. The third-order valence-electron chi connectivity index (χ3n) is 3.47. The Hall–Kier alpha value is -0.610. The van der Waals surface area contributed by atoms with Gasteiger partial charge in [-0.15, -0.1) is 0 Å². The molecule has 1 unspecified atom stereocenters. The van der Waals surface area contributed by atoms with Crippen molar-refractivity contribution >= 4 is 5.91 Å². The molecule has 1 saturated carbocycles. The molecular formula is C12H22N2O2. The lowest BCUT2D eigenvalue weighted by Crippen LogP contribution is -2.40. The molecule has 4 heteroatoms. The number of nitrogens with one attached hydrogen (secondary N) is 1. The molecule has 4 nitrogen and oxygen atoms in total. The lowest BCUT2D eigenvalue weighted by atomic mass is 10.1. The fourth-order valence-corrected chi connectivity index (χ4v) is 2.44. The van der Waals surface area contributed by atoms with Crippen LogP contribution < -0.4 is 5.32 Å². The third-order valence-corrected chi connectivity index (χ3v) is 3.47. The van der Waals surface area contributed by atoms with E-state index in [4.69, 9.17) is 4.74 Å². The summed E-state index contributed by atoms with van der Waals surface area (Å²) in [5, 5.41) is 3.50. The second-order valence-electron chi connectivity index (χ2n) is 5.36. The molecule has 2 rings (SSSR count). The van der Waals surface area contributed by atoms with Gasteiger partial charge in [0, 0.05) is 13.7 Å². The summed E-state index contributed by atoms with van der Waals surface area (Å²) >= 11 is 0. The van der Waals surface area contributed by atoms with Crippen LogP contribution in [-0.2, 0) is 9.53 Å². The van der Waals surface area contributed by atoms with E-state index in [2.05, 4.69) is 19.2 Å². The normalized spacial score (nSPS) is 27.1. The first kappa shape index (κ1) is 11.9. The van der Waals surface area contributed by atoms with Gasteiger partial charge in [-0.05, 0) is 25.2 Å². The molecule has 0 aromatic heterocycles. The first-order valence-electron chi connectivity index (χ1n) is 6.17. The Morgan fingerprint density at radius 3 is 2.75 bits per heavy atom. The number of hydrogen-bond donors (Lipinski definition) is 1. The highest BCUT2D eigenvalue weighted by atomic mass is 16.5. The van der Waals surface area contributed by atoms with E-state index >= 15 is 0 Å². The Balaban J connectivity index is 2.01. The average molecular weight is 226 g/mol. The molecule has 1 amide bonds. The average Bonchev–Trinajstić information content (AvgIpc) is 2.93. The van der Waals surface area contributed by atoms with Crippen LogP contribution in [0.4, 0.5) is 0 Å². The predicted molar refractivity (Wildman–Crippen MR) is 61.9 cm³/mol. The molecular weight excluding hydrogens is 204 g/mol. The number of carbonyl (C=O) groups excluding carboxylic acids is 1. The van der Waals surface area contributed by atoms with Crippen molar-refractivity contribution in [3.63, 3.8) is 0 Å². The van der Waals surface area contributed by atoms with Crippen LogP contribution in [0.25, 0.3) is 0 Å². The zero-order valence-corrected chi connectivity index (χ0v) is 10.5. The van der Waals surface area contributed by atoms with Crippen LogP contribution >= 0.6 is 0 Å². The number of methoxy groups -OCH3 is 1. The number of hydrogen-bond acceptors (Lipinski definition) is 3. The maximum absolute atomic E-state index is 12.2. The predicted octanol–water partition coefficient (Wildman–Crippen LogP) is 0.969. The molecule has 0 bridgehead atoms. The van der Waals surface area contributed by atoms with E-state index in [1.807, 2.05) is 4.90 Å². The summed E-state index contributed by atoms with van der Waals surface area (Å²) in [7, 11) is 1.68. The van der Waals surface area contributed by atoms with E-state index in [0.29, 0.717) is 19.1 Å². The molecule has 0 aromatic rings. The van der Waals surface area contributed by atoms with Gasteiger partial charge in [0.15, 0.2) is 0 Å². The van der Waals surface area contributed by atoms with Gasteiger partial charge in [-0.3, -0.25) is 10.1 Å². The molecule has 0 radical (unpaired) electrons. The number of nitrogens with zero attached hydrogens (tertiary/aromatic N) is 1. The van der Waals surface area contributed by atoms with E-state index in [9.17, 15) is 4.79 Å². The fourth-order valence-electron chi connectivity index (χ4n) is 2.44. The van der Waals surface area contributed by atoms with E-state index in [1.54, 1.807) is 7.11 Å². The first-order valence-corrected chi connectivity index (χ1v) is 6.17. The lowest BCUT2D eigenvalue weighted by molar-refractivity contribution is -0.131. The molecule has 1 heterocycles. The minimum absolute atomic E-state index is 0.187. The fraction of sp³-hybridized carbons (Fsp3) is 0.917. The quantitative estimate of drug-likeness (QED) is 0.759. The van der Waals surface area contributed by atoms with Crippen molar-refractivity contribution < 1.29 is 9.53 Å². The summed E-state index contributed by atoms with van der Waals surface area (Å²) in [6.45, 7) is 5.72. The summed E-state index contributed by atoms with van der Waals surface area (Å²) in [4.78, 5) is 14.2. The molecule has 16 heavy (non-hydrogen) atoms. The van der Waals surface area contributed by atoms with Crippen LogP contribution in [0.1, 0.15) is 33.1 Å². The highest BCUT2D eigenvalue weighted by molar-refractivity contribution is 5.91. The van der Waals surface area contributed by atoms with Crippen LogP contribution in [-0.4, -0.2) is 42.8 Å². The van der Waals surface area contributed by atoms with Gasteiger partial charge >= 0.3 is 0 Å². The van der Waals surface area contributed by atoms with Gasteiger partial charge in [0.25, 0.3) is 0 Å². The van der Waals surface area contributed by atoms with Crippen molar-refractivity contribution in [1.29, 1.82) is 0 Å². The number of rotatable bonds is 5. The topological polar surface area (TPSA) is 41.6 Å². The van der Waals surface area contributed by atoms with E-state index in [0.717, 1.165) is 19.3 Å². The molecule has 1 spiro atoms. The zero-order valence-electron chi connectivity index (χ0n) is 10.5. The Morgan fingerprint density at radius 2 is 2.25 bits per heavy atom. The largest absolute Gasteiger partial charge is 0.383 e. The van der Waals surface area contributed by atoms with Gasteiger partial charge in [-0.2, -0.15) is 0 Å². The zero-order chi connectivity index (χ0) is 11.8. The van der Waals surface area contributed by atoms with E-state index in [1.165, 1.54) is 0 Å². The highest BCUT2D eigenvalue weighted by Crippen LogP contribution is 2.42. The maximum Gasteiger partial charge on any atom is 0.244 e. The molecule has 1 aliphatic carbocycles. The lowest BCUT2D eigenvalue weighted by Gasteiger charge is -2.25. The second-order valence-corrected chi connectivity index (χ2v) is 5.36. The minimum atomic E-state index is -0.187. The van der Waals surface area contributed by atoms with Crippen LogP contribution in [0, 0.1) is 5.92 Å². The maximum atomic E-state index is 12.2. The minimum Gasteiger partial charge on any atom is -0.383 e. The van der Waals surface area contributed by atoms with E-state index in [-0.39, 0.29) is 17.6 Å². The Morgan fingerprint density at radius 1 is 1.56 bits per heavy atom. The molecule has 1 saturated heterocycles. The van der Waals surface area contributed by atoms with Gasteiger partial charge in [0.05, 0.1) is 18.3 Å². The number of ether oxygens (including phenoxy) is 1. The molecule has 1 N–H and O–H groups in total. The number of carbonyl (C=O) groups is 1. The Bertz CT molecular complexity index is 274. The Kier molecular flexibility index (Phi) is 3.22. The highest BCUT2D eigenvalue weighted by Gasteiger charge is 2.58.